The van der Waals surface area contributed by atoms with Crippen LogP contribution >= 0.6 is 11.6 Å². The van der Waals surface area contributed by atoms with E-state index < -0.39 is 6.10 Å². The third kappa shape index (κ3) is 5.53. The van der Waals surface area contributed by atoms with E-state index in [2.05, 4.69) is 4.90 Å². The van der Waals surface area contributed by atoms with E-state index >= 15 is 0 Å². The predicted octanol–water partition coefficient (Wildman–Crippen LogP) is 3.24. The maximum Gasteiger partial charge on any atom is 0.123 e. The summed E-state index contributed by atoms with van der Waals surface area (Å²) < 4.78 is 16.8. The summed E-state index contributed by atoms with van der Waals surface area (Å²) in [5, 5.41) is 10.9. The van der Waals surface area contributed by atoms with Crippen molar-refractivity contribution in [3.63, 3.8) is 0 Å². The van der Waals surface area contributed by atoms with Crippen LogP contribution in [0.1, 0.15) is 6.42 Å². The van der Waals surface area contributed by atoms with E-state index in [0.29, 0.717) is 17.3 Å². The van der Waals surface area contributed by atoms with Crippen molar-refractivity contribution in [3.8, 4) is 17.2 Å². The molecule has 0 spiro atoms. The lowest BCUT2D eigenvalue weighted by molar-refractivity contribution is 0.0719. The Balaban J connectivity index is 1.40. The molecule has 2 aromatic carbocycles. The molecule has 0 radical (unpaired) electrons. The standard InChI is InChI=1S/C20H24ClNO4/c1-24-18-3-2-4-19(11-18)25-14-16(23)12-22-10-9-20(13-22)26-17-7-5-15(21)6-8-17/h2-8,11,16,20,23H,9-10,12-14H2,1H3. The van der Waals surface area contributed by atoms with Crippen LogP contribution in [0, 0.1) is 0 Å². The first-order valence-corrected chi connectivity index (χ1v) is 9.09. The molecule has 0 aliphatic carbocycles. The lowest BCUT2D eigenvalue weighted by Gasteiger charge is -2.20. The minimum absolute atomic E-state index is 0.127. The van der Waals surface area contributed by atoms with Crippen LogP contribution in [0.25, 0.3) is 0 Å². The lowest BCUT2D eigenvalue weighted by atomic mass is 10.3. The lowest BCUT2D eigenvalue weighted by Crippen LogP contribution is -2.35. The number of β-amino-alcohol motifs (C(OH)–C–C–N with tert-alkyl or cyclic N) is 1. The van der Waals surface area contributed by atoms with E-state index in [1.807, 2.05) is 42.5 Å². The molecule has 0 saturated carbocycles. The van der Waals surface area contributed by atoms with Gasteiger partial charge < -0.3 is 19.3 Å². The smallest absolute Gasteiger partial charge is 0.123 e. The van der Waals surface area contributed by atoms with E-state index in [1.165, 1.54) is 0 Å². The number of ether oxygens (including phenoxy) is 3. The number of aliphatic hydroxyl groups excluding tert-OH is 1. The van der Waals surface area contributed by atoms with E-state index in [4.69, 9.17) is 25.8 Å². The van der Waals surface area contributed by atoms with E-state index in [9.17, 15) is 5.11 Å². The highest BCUT2D eigenvalue weighted by atomic mass is 35.5. The van der Waals surface area contributed by atoms with Crippen molar-refractivity contribution >= 4 is 11.6 Å². The average molecular weight is 378 g/mol. The first-order valence-electron chi connectivity index (χ1n) is 8.72. The normalized spacial score (nSPS) is 18.5. The number of likely N-dealkylation sites (tertiary alicyclic amines) is 1. The van der Waals surface area contributed by atoms with Gasteiger partial charge in [-0.1, -0.05) is 17.7 Å². The second kappa shape index (κ2) is 9.12. The Morgan fingerprint density at radius 3 is 2.69 bits per heavy atom. The highest BCUT2D eigenvalue weighted by Gasteiger charge is 2.25. The molecular weight excluding hydrogens is 354 g/mol. The quantitative estimate of drug-likeness (QED) is 0.765. The minimum Gasteiger partial charge on any atom is -0.497 e. The molecule has 1 fully saturated rings. The predicted molar refractivity (Wildman–Crippen MR) is 101 cm³/mol. The van der Waals surface area contributed by atoms with Crippen LogP contribution in [0.3, 0.4) is 0 Å². The fraction of sp³-hybridized carbons (Fsp3) is 0.400. The van der Waals surface area contributed by atoms with Gasteiger partial charge in [-0.05, 0) is 42.8 Å². The molecule has 0 bridgehead atoms. The number of benzene rings is 2. The summed E-state index contributed by atoms with van der Waals surface area (Å²) in [6, 6.07) is 14.8. The molecule has 1 N–H and O–H groups in total. The van der Waals surface area contributed by atoms with Crippen LogP contribution < -0.4 is 14.2 Å². The van der Waals surface area contributed by atoms with Gasteiger partial charge in [-0.25, -0.2) is 0 Å². The summed E-state index contributed by atoms with van der Waals surface area (Å²) in [5.41, 5.74) is 0. The molecule has 2 atom stereocenters. The molecule has 1 saturated heterocycles. The van der Waals surface area contributed by atoms with Crippen LogP contribution in [-0.2, 0) is 0 Å². The van der Waals surface area contributed by atoms with E-state index in [1.54, 1.807) is 13.2 Å². The van der Waals surface area contributed by atoms with Crippen molar-refractivity contribution in [2.45, 2.75) is 18.6 Å². The maximum atomic E-state index is 10.3. The topological polar surface area (TPSA) is 51.2 Å². The van der Waals surface area contributed by atoms with E-state index in [0.717, 1.165) is 31.0 Å². The summed E-state index contributed by atoms with van der Waals surface area (Å²) in [5.74, 6) is 2.25. The second-order valence-corrected chi connectivity index (χ2v) is 6.82. The number of halogens is 1. The van der Waals surface area contributed by atoms with Gasteiger partial charge in [0.2, 0.25) is 0 Å². The van der Waals surface area contributed by atoms with Crippen molar-refractivity contribution in [2.24, 2.45) is 0 Å². The van der Waals surface area contributed by atoms with Crippen LogP contribution in [0.15, 0.2) is 48.5 Å². The van der Waals surface area contributed by atoms with Crippen molar-refractivity contribution in [1.82, 2.24) is 4.90 Å². The fourth-order valence-corrected chi connectivity index (χ4v) is 3.12. The third-order valence-corrected chi connectivity index (χ3v) is 4.55. The fourth-order valence-electron chi connectivity index (χ4n) is 3.00. The zero-order valence-corrected chi connectivity index (χ0v) is 15.6. The molecule has 1 aliphatic heterocycles. The summed E-state index contributed by atoms with van der Waals surface area (Å²) in [7, 11) is 1.61. The van der Waals surface area contributed by atoms with Gasteiger partial charge in [-0.15, -0.1) is 0 Å². The number of nitrogens with zero attached hydrogens (tertiary/aromatic N) is 1. The van der Waals surface area contributed by atoms with Crippen molar-refractivity contribution in [2.75, 3.05) is 33.4 Å². The minimum atomic E-state index is -0.560. The molecule has 6 heteroatoms. The Kier molecular flexibility index (Phi) is 6.61. The van der Waals surface area contributed by atoms with Crippen molar-refractivity contribution in [3.05, 3.63) is 53.6 Å². The van der Waals surface area contributed by atoms with Gasteiger partial charge in [-0.3, -0.25) is 4.90 Å². The Morgan fingerprint density at radius 2 is 1.92 bits per heavy atom. The summed E-state index contributed by atoms with van der Waals surface area (Å²) in [6.07, 6.45) is 0.504. The number of hydrogen-bond acceptors (Lipinski definition) is 5. The average Bonchev–Trinajstić information content (AvgIpc) is 3.09. The molecule has 2 unspecified atom stereocenters. The molecule has 26 heavy (non-hydrogen) atoms. The Hall–Kier alpha value is -1.95. The van der Waals surface area contributed by atoms with Crippen LogP contribution in [0.4, 0.5) is 0 Å². The highest BCUT2D eigenvalue weighted by molar-refractivity contribution is 6.30. The molecule has 2 aromatic rings. The van der Waals surface area contributed by atoms with Gasteiger partial charge >= 0.3 is 0 Å². The number of rotatable bonds is 8. The first kappa shape index (κ1) is 18.8. The number of aliphatic hydroxyl groups is 1. The molecule has 0 aromatic heterocycles. The van der Waals surface area contributed by atoms with Crippen molar-refractivity contribution < 1.29 is 19.3 Å². The van der Waals surface area contributed by atoms with Gasteiger partial charge in [-0.2, -0.15) is 0 Å². The zero-order valence-electron chi connectivity index (χ0n) is 14.8. The Labute approximate surface area is 159 Å². The largest absolute Gasteiger partial charge is 0.497 e. The molecule has 3 rings (SSSR count). The molecule has 1 heterocycles. The first-order chi connectivity index (χ1) is 12.6. The van der Waals surface area contributed by atoms with Gasteiger partial charge in [0.05, 0.1) is 7.11 Å². The van der Waals surface area contributed by atoms with Crippen molar-refractivity contribution in [1.29, 1.82) is 0 Å². The molecule has 5 nitrogen and oxygen atoms in total. The highest BCUT2D eigenvalue weighted by Crippen LogP contribution is 2.21. The molecule has 140 valence electrons. The monoisotopic (exact) mass is 377 g/mol. The molecule has 1 aliphatic rings. The van der Waals surface area contributed by atoms with E-state index in [-0.39, 0.29) is 12.7 Å². The summed E-state index contributed by atoms with van der Waals surface area (Å²) in [4.78, 5) is 2.19. The summed E-state index contributed by atoms with van der Waals surface area (Å²) >= 11 is 5.89. The van der Waals surface area contributed by atoms with Gasteiger partial charge in [0.1, 0.15) is 36.1 Å². The number of methoxy groups -OCH3 is 1. The maximum absolute atomic E-state index is 10.3. The zero-order chi connectivity index (χ0) is 18.4. The number of hydrogen-bond donors (Lipinski definition) is 1. The van der Waals surface area contributed by atoms with Crippen LogP contribution in [0.5, 0.6) is 17.2 Å². The van der Waals surface area contributed by atoms with Crippen LogP contribution in [-0.4, -0.2) is 55.6 Å². The van der Waals surface area contributed by atoms with Gasteiger partial charge in [0.15, 0.2) is 0 Å². The Morgan fingerprint density at radius 1 is 1.15 bits per heavy atom. The van der Waals surface area contributed by atoms with Gasteiger partial charge in [0.25, 0.3) is 0 Å². The summed E-state index contributed by atoms with van der Waals surface area (Å²) in [6.45, 7) is 2.49. The molecular formula is C20H24ClNO4. The third-order valence-electron chi connectivity index (χ3n) is 4.30. The second-order valence-electron chi connectivity index (χ2n) is 6.39. The van der Waals surface area contributed by atoms with Crippen LogP contribution in [0.2, 0.25) is 5.02 Å². The Bertz CT molecular complexity index is 694. The SMILES string of the molecule is COc1cccc(OCC(O)CN2CCC(Oc3ccc(Cl)cc3)C2)c1. The molecule has 0 amide bonds. The van der Waals surface area contributed by atoms with Gasteiger partial charge in [0, 0.05) is 30.7 Å².